The SMILES string of the molecule is NC(c1ccc(Cl)s1)C1(N)CC1. The fraction of sp³-hybridized carbons (Fsp3) is 0.500. The van der Waals surface area contributed by atoms with E-state index in [0.29, 0.717) is 0 Å². The van der Waals surface area contributed by atoms with Gasteiger partial charge in [-0.1, -0.05) is 11.6 Å². The molecule has 0 saturated heterocycles. The standard InChI is InChI=1S/C8H11ClN2S/c9-6-2-1-5(12-6)7(10)8(11)3-4-8/h1-2,7H,3-4,10-11H2. The zero-order chi connectivity index (χ0) is 8.77. The predicted octanol–water partition coefficient (Wildman–Crippen LogP) is 1.89. The van der Waals surface area contributed by atoms with Crippen LogP contribution < -0.4 is 11.5 Å². The highest BCUT2D eigenvalue weighted by Gasteiger charge is 2.45. The van der Waals surface area contributed by atoms with E-state index in [4.69, 9.17) is 23.1 Å². The number of halogens is 1. The smallest absolute Gasteiger partial charge is 0.0931 e. The van der Waals surface area contributed by atoms with Crippen molar-refractivity contribution in [2.24, 2.45) is 11.5 Å². The van der Waals surface area contributed by atoms with E-state index in [0.717, 1.165) is 22.1 Å². The average Bonchev–Trinajstić information content (AvgIpc) is 2.62. The molecule has 1 fully saturated rings. The van der Waals surface area contributed by atoms with Gasteiger partial charge in [-0.3, -0.25) is 0 Å². The van der Waals surface area contributed by atoms with Gasteiger partial charge in [-0.05, 0) is 25.0 Å². The molecule has 0 spiro atoms. The maximum atomic E-state index is 5.97. The molecule has 2 rings (SSSR count). The molecule has 4 heteroatoms. The lowest BCUT2D eigenvalue weighted by molar-refractivity contribution is 0.543. The van der Waals surface area contributed by atoms with Crippen molar-refractivity contribution in [3.8, 4) is 0 Å². The third-order valence-electron chi connectivity index (χ3n) is 2.35. The number of nitrogens with two attached hydrogens (primary N) is 2. The fourth-order valence-electron chi connectivity index (χ4n) is 1.23. The molecular weight excluding hydrogens is 192 g/mol. The van der Waals surface area contributed by atoms with Crippen LogP contribution in [-0.2, 0) is 0 Å². The summed E-state index contributed by atoms with van der Waals surface area (Å²) in [6.45, 7) is 0. The van der Waals surface area contributed by atoms with Crippen molar-refractivity contribution in [1.29, 1.82) is 0 Å². The van der Waals surface area contributed by atoms with Gasteiger partial charge in [0.05, 0.1) is 10.4 Å². The highest BCUT2D eigenvalue weighted by atomic mass is 35.5. The van der Waals surface area contributed by atoms with Gasteiger partial charge >= 0.3 is 0 Å². The van der Waals surface area contributed by atoms with E-state index >= 15 is 0 Å². The molecule has 1 aromatic rings. The zero-order valence-electron chi connectivity index (χ0n) is 6.59. The van der Waals surface area contributed by atoms with E-state index in [-0.39, 0.29) is 11.6 Å². The van der Waals surface area contributed by atoms with E-state index < -0.39 is 0 Å². The fourth-order valence-corrected chi connectivity index (χ4v) is 2.42. The topological polar surface area (TPSA) is 52.0 Å². The predicted molar refractivity (Wildman–Crippen MR) is 52.4 cm³/mol. The maximum Gasteiger partial charge on any atom is 0.0931 e. The van der Waals surface area contributed by atoms with Crippen molar-refractivity contribution in [1.82, 2.24) is 0 Å². The molecular formula is C8H11ClN2S. The average molecular weight is 203 g/mol. The molecule has 1 unspecified atom stereocenters. The van der Waals surface area contributed by atoms with Gasteiger partial charge < -0.3 is 11.5 Å². The van der Waals surface area contributed by atoms with Crippen molar-refractivity contribution in [2.75, 3.05) is 0 Å². The van der Waals surface area contributed by atoms with Crippen LogP contribution in [0.5, 0.6) is 0 Å². The van der Waals surface area contributed by atoms with Crippen molar-refractivity contribution in [3.63, 3.8) is 0 Å². The molecule has 0 bridgehead atoms. The molecule has 0 aliphatic heterocycles. The van der Waals surface area contributed by atoms with Crippen LogP contribution in [0.1, 0.15) is 23.8 Å². The minimum absolute atomic E-state index is 0.0324. The molecule has 1 heterocycles. The van der Waals surface area contributed by atoms with Crippen LogP contribution in [0.25, 0.3) is 0 Å². The first-order chi connectivity index (χ1) is 5.62. The number of hydrogen-bond acceptors (Lipinski definition) is 3. The molecule has 0 amide bonds. The lowest BCUT2D eigenvalue weighted by atomic mass is 10.1. The third-order valence-corrected chi connectivity index (χ3v) is 3.66. The molecule has 0 aromatic carbocycles. The molecule has 1 saturated carbocycles. The molecule has 4 N–H and O–H groups in total. The zero-order valence-corrected chi connectivity index (χ0v) is 8.16. The van der Waals surface area contributed by atoms with Gasteiger partial charge in [0.2, 0.25) is 0 Å². The van der Waals surface area contributed by atoms with E-state index in [1.54, 1.807) is 0 Å². The maximum absolute atomic E-state index is 5.97. The van der Waals surface area contributed by atoms with E-state index in [1.165, 1.54) is 11.3 Å². The normalized spacial score (nSPS) is 22.2. The molecule has 1 atom stereocenters. The Morgan fingerprint density at radius 1 is 1.50 bits per heavy atom. The Morgan fingerprint density at radius 2 is 2.17 bits per heavy atom. The Labute approximate surface area is 80.5 Å². The lowest BCUT2D eigenvalue weighted by Gasteiger charge is -2.16. The highest BCUT2D eigenvalue weighted by Crippen LogP contribution is 2.44. The summed E-state index contributed by atoms with van der Waals surface area (Å²) in [5.41, 5.74) is 11.8. The summed E-state index contributed by atoms with van der Waals surface area (Å²) in [5.74, 6) is 0. The summed E-state index contributed by atoms with van der Waals surface area (Å²) in [6, 6.07) is 3.80. The molecule has 1 aliphatic rings. The highest BCUT2D eigenvalue weighted by molar-refractivity contribution is 7.16. The largest absolute Gasteiger partial charge is 0.323 e. The van der Waals surface area contributed by atoms with E-state index in [1.807, 2.05) is 12.1 Å². The minimum Gasteiger partial charge on any atom is -0.323 e. The molecule has 66 valence electrons. The van der Waals surface area contributed by atoms with Crippen LogP contribution in [0.4, 0.5) is 0 Å². The molecule has 1 aliphatic carbocycles. The quantitative estimate of drug-likeness (QED) is 0.770. The van der Waals surface area contributed by atoms with Crippen molar-refractivity contribution in [2.45, 2.75) is 24.4 Å². The van der Waals surface area contributed by atoms with Gasteiger partial charge in [-0.15, -0.1) is 11.3 Å². The van der Waals surface area contributed by atoms with Gasteiger partial charge in [0.15, 0.2) is 0 Å². The Hall–Kier alpha value is -0.0900. The van der Waals surface area contributed by atoms with Gasteiger partial charge in [0.1, 0.15) is 0 Å². The second kappa shape index (κ2) is 2.70. The number of hydrogen-bond donors (Lipinski definition) is 2. The Balaban J connectivity index is 2.19. The van der Waals surface area contributed by atoms with Crippen LogP contribution in [0, 0.1) is 0 Å². The molecule has 12 heavy (non-hydrogen) atoms. The van der Waals surface area contributed by atoms with Gasteiger partial charge in [-0.2, -0.15) is 0 Å². The first kappa shape index (κ1) is 8.51. The van der Waals surface area contributed by atoms with Crippen LogP contribution in [0.3, 0.4) is 0 Å². The van der Waals surface area contributed by atoms with E-state index in [9.17, 15) is 0 Å². The molecule has 0 radical (unpaired) electrons. The van der Waals surface area contributed by atoms with Crippen molar-refractivity contribution in [3.05, 3.63) is 21.3 Å². The van der Waals surface area contributed by atoms with Crippen molar-refractivity contribution < 1.29 is 0 Å². The lowest BCUT2D eigenvalue weighted by Crippen LogP contribution is -2.35. The Bertz CT molecular complexity index is 293. The summed E-state index contributed by atoms with van der Waals surface area (Å²) in [4.78, 5) is 1.10. The number of thiophene rings is 1. The summed E-state index contributed by atoms with van der Waals surface area (Å²) in [6.07, 6.45) is 2.06. The van der Waals surface area contributed by atoms with Crippen LogP contribution in [0.15, 0.2) is 12.1 Å². The number of rotatable bonds is 2. The summed E-state index contributed by atoms with van der Waals surface area (Å²) >= 11 is 7.32. The van der Waals surface area contributed by atoms with E-state index in [2.05, 4.69) is 0 Å². The first-order valence-corrected chi connectivity index (χ1v) is 5.11. The van der Waals surface area contributed by atoms with Crippen LogP contribution in [-0.4, -0.2) is 5.54 Å². The van der Waals surface area contributed by atoms with Crippen LogP contribution in [0.2, 0.25) is 4.34 Å². The van der Waals surface area contributed by atoms with Gasteiger partial charge in [0, 0.05) is 10.4 Å². The summed E-state index contributed by atoms with van der Waals surface area (Å²) < 4.78 is 0.782. The monoisotopic (exact) mass is 202 g/mol. The molecule has 2 nitrogen and oxygen atoms in total. The van der Waals surface area contributed by atoms with Gasteiger partial charge in [-0.25, -0.2) is 0 Å². The Kier molecular flexibility index (Phi) is 1.92. The van der Waals surface area contributed by atoms with Crippen molar-refractivity contribution >= 4 is 22.9 Å². The second-order valence-electron chi connectivity index (χ2n) is 3.35. The summed E-state index contributed by atoms with van der Waals surface area (Å²) in [7, 11) is 0. The summed E-state index contributed by atoms with van der Waals surface area (Å²) in [5, 5.41) is 0. The van der Waals surface area contributed by atoms with Gasteiger partial charge in [0.25, 0.3) is 0 Å². The third kappa shape index (κ3) is 1.38. The Morgan fingerprint density at radius 3 is 2.58 bits per heavy atom. The minimum atomic E-state index is -0.145. The first-order valence-electron chi connectivity index (χ1n) is 3.91. The second-order valence-corrected chi connectivity index (χ2v) is 5.10. The van der Waals surface area contributed by atoms with Crippen LogP contribution >= 0.6 is 22.9 Å². The molecule has 1 aromatic heterocycles.